The molecule has 0 aliphatic carbocycles. The number of hydrogen-bond donors (Lipinski definition) is 1. The molecule has 0 saturated heterocycles. The van der Waals surface area contributed by atoms with E-state index in [4.69, 9.17) is 37.3 Å². The summed E-state index contributed by atoms with van der Waals surface area (Å²) in [5.74, 6) is -0.243. The summed E-state index contributed by atoms with van der Waals surface area (Å²) in [7, 11) is 0. The minimum Gasteiger partial charge on any atom is -0.487 e. The first-order valence-corrected chi connectivity index (χ1v) is 8.01. The fourth-order valence-corrected chi connectivity index (χ4v) is 2.12. The van der Waals surface area contributed by atoms with Gasteiger partial charge in [0.15, 0.2) is 11.5 Å². The highest BCUT2D eigenvalue weighted by Crippen LogP contribution is 2.38. The largest absolute Gasteiger partial charge is 0.573 e. The molecule has 28 heavy (non-hydrogen) atoms. The van der Waals surface area contributed by atoms with Crippen molar-refractivity contribution in [2.45, 2.75) is 18.8 Å². The van der Waals surface area contributed by atoms with E-state index in [0.29, 0.717) is 0 Å². The molecule has 2 aromatic carbocycles. The van der Waals surface area contributed by atoms with Gasteiger partial charge in [0.1, 0.15) is 23.6 Å². The maximum absolute atomic E-state index is 12.3. The second-order valence-electron chi connectivity index (χ2n) is 5.83. The molecular weight excluding hydrogens is 399 g/mol. The summed E-state index contributed by atoms with van der Waals surface area (Å²) in [5, 5.41) is 17.9. The Balaban J connectivity index is 2.28. The lowest BCUT2D eigenvalue weighted by Gasteiger charge is -2.19. The third-order valence-corrected chi connectivity index (χ3v) is 3.51. The van der Waals surface area contributed by atoms with Crippen molar-refractivity contribution in [3.63, 3.8) is 0 Å². The summed E-state index contributed by atoms with van der Waals surface area (Å²) in [4.78, 5) is 0. The second-order valence-corrected chi connectivity index (χ2v) is 6.24. The molecule has 0 heterocycles. The summed E-state index contributed by atoms with van der Waals surface area (Å²) in [6, 6.07) is 11.2. The standard InChI is InChI=1S/C18H13ClF3N3O3/c1-17(25,9-24)10-26-16-6-11(8-23)2-4-15(16)27-14-5-3-12(7-13(14)19)28-18(20,21)22/h2-7H,10,25H2,1H3. The van der Waals surface area contributed by atoms with Gasteiger partial charge in [-0.1, -0.05) is 11.6 Å². The van der Waals surface area contributed by atoms with Gasteiger partial charge in [0.2, 0.25) is 0 Å². The lowest BCUT2D eigenvalue weighted by Crippen LogP contribution is -2.40. The van der Waals surface area contributed by atoms with Crippen LogP contribution in [0.25, 0.3) is 0 Å². The summed E-state index contributed by atoms with van der Waals surface area (Å²) < 4.78 is 51.7. The minimum atomic E-state index is -4.85. The van der Waals surface area contributed by atoms with Gasteiger partial charge in [0, 0.05) is 12.1 Å². The molecule has 2 rings (SSSR count). The van der Waals surface area contributed by atoms with Crippen LogP contribution in [-0.2, 0) is 0 Å². The number of nitrogens with zero attached hydrogens (tertiary/aromatic N) is 2. The van der Waals surface area contributed by atoms with Crippen LogP contribution in [0.15, 0.2) is 36.4 Å². The zero-order valence-electron chi connectivity index (χ0n) is 14.4. The van der Waals surface area contributed by atoms with Crippen molar-refractivity contribution in [2.75, 3.05) is 6.61 Å². The smallest absolute Gasteiger partial charge is 0.487 e. The highest BCUT2D eigenvalue weighted by molar-refractivity contribution is 6.32. The molecule has 0 aliphatic heterocycles. The Morgan fingerprint density at radius 2 is 1.75 bits per heavy atom. The van der Waals surface area contributed by atoms with Gasteiger partial charge in [-0.2, -0.15) is 10.5 Å². The maximum atomic E-state index is 12.3. The van der Waals surface area contributed by atoms with E-state index in [1.54, 1.807) is 0 Å². The van der Waals surface area contributed by atoms with Crippen LogP contribution in [0.2, 0.25) is 5.02 Å². The SMILES string of the molecule is CC(N)(C#N)COc1cc(C#N)ccc1Oc1ccc(OC(F)(F)F)cc1Cl. The third kappa shape index (κ3) is 5.95. The number of benzene rings is 2. The van der Waals surface area contributed by atoms with E-state index in [9.17, 15) is 13.2 Å². The quantitative estimate of drug-likeness (QED) is 0.749. The third-order valence-electron chi connectivity index (χ3n) is 3.21. The van der Waals surface area contributed by atoms with Crippen LogP contribution in [0.3, 0.4) is 0 Å². The van der Waals surface area contributed by atoms with Crippen LogP contribution in [0, 0.1) is 22.7 Å². The number of hydrogen-bond acceptors (Lipinski definition) is 6. The Morgan fingerprint density at radius 1 is 1.07 bits per heavy atom. The van der Waals surface area contributed by atoms with Gasteiger partial charge in [0.25, 0.3) is 0 Å². The van der Waals surface area contributed by atoms with E-state index in [1.807, 2.05) is 12.1 Å². The van der Waals surface area contributed by atoms with Crippen molar-refractivity contribution in [2.24, 2.45) is 5.73 Å². The fraction of sp³-hybridized carbons (Fsp3) is 0.222. The van der Waals surface area contributed by atoms with E-state index < -0.39 is 17.7 Å². The van der Waals surface area contributed by atoms with Gasteiger partial charge in [-0.05, 0) is 31.2 Å². The Hall–Kier alpha value is -3.14. The molecule has 0 spiro atoms. The molecule has 6 nitrogen and oxygen atoms in total. The highest BCUT2D eigenvalue weighted by atomic mass is 35.5. The average molecular weight is 412 g/mol. The molecule has 0 radical (unpaired) electrons. The number of rotatable bonds is 6. The molecule has 0 aliphatic rings. The van der Waals surface area contributed by atoms with E-state index in [-0.39, 0.29) is 34.4 Å². The summed E-state index contributed by atoms with van der Waals surface area (Å²) >= 11 is 5.96. The Morgan fingerprint density at radius 3 is 2.32 bits per heavy atom. The molecular formula is C18H13ClF3N3O3. The zero-order valence-corrected chi connectivity index (χ0v) is 15.1. The number of alkyl halides is 3. The first-order chi connectivity index (χ1) is 13.0. The molecule has 0 amide bonds. The van der Waals surface area contributed by atoms with Crippen molar-refractivity contribution < 1.29 is 27.4 Å². The van der Waals surface area contributed by atoms with E-state index in [0.717, 1.165) is 12.1 Å². The zero-order chi connectivity index (χ0) is 20.9. The van der Waals surface area contributed by atoms with Crippen LogP contribution < -0.4 is 19.9 Å². The predicted octanol–water partition coefficient (Wildman–Crippen LogP) is 4.52. The van der Waals surface area contributed by atoms with Gasteiger partial charge >= 0.3 is 6.36 Å². The molecule has 2 aromatic rings. The summed E-state index contributed by atoms with van der Waals surface area (Å²) in [6.45, 7) is 1.26. The first-order valence-electron chi connectivity index (χ1n) is 7.63. The topological polar surface area (TPSA) is 101 Å². The van der Waals surface area contributed by atoms with Crippen molar-refractivity contribution >= 4 is 11.6 Å². The molecule has 2 N–H and O–H groups in total. The number of nitrogens with two attached hydrogens (primary N) is 1. The van der Waals surface area contributed by atoms with Crippen LogP contribution in [0.1, 0.15) is 12.5 Å². The minimum absolute atomic E-state index is 0.0292. The molecule has 146 valence electrons. The normalized spacial score (nSPS) is 13.0. The van der Waals surface area contributed by atoms with Crippen molar-refractivity contribution in [1.82, 2.24) is 0 Å². The van der Waals surface area contributed by atoms with Crippen LogP contribution in [-0.4, -0.2) is 18.5 Å². The molecule has 0 fully saturated rings. The van der Waals surface area contributed by atoms with Crippen molar-refractivity contribution in [3.8, 4) is 35.1 Å². The lowest BCUT2D eigenvalue weighted by molar-refractivity contribution is -0.274. The number of nitriles is 2. The van der Waals surface area contributed by atoms with Crippen molar-refractivity contribution in [3.05, 3.63) is 47.0 Å². The fourth-order valence-electron chi connectivity index (χ4n) is 1.91. The van der Waals surface area contributed by atoms with Gasteiger partial charge in [-0.25, -0.2) is 0 Å². The van der Waals surface area contributed by atoms with Crippen LogP contribution >= 0.6 is 11.6 Å². The molecule has 0 bridgehead atoms. The number of halogens is 4. The number of ether oxygens (including phenoxy) is 3. The van der Waals surface area contributed by atoms with Gasteiger partial charge in [-0.3, -0.25) is 0 Å². The molecule has 1 atom stereocenters. The van der Waals surface area contributed by atoms with E-state index >= 15 is 0 Å². The Labute approximate surface area is 163 Å². The molecule has 0 saturated carbocycles. The maximum Gasteiger partial charge on any atom is 0.573 e. The lowest BCUT2D eigenvalue weighted by atomic mass is 10.1. The Kier molecular flexibility index (Phi) is 6.24. The molecule has 10 heteroatoms. The van der Waals surface area contributed by atoms with E-state index in [1.165, 1.54) is 31.2 Å². The summed E-state index contributed by atoms with van der Waals surface area (Å²) in [5.41, 5.74) is 4.69. The van der Waals surface area contributed by atoms with Gasteiger partial charge in [0.05, 0.1) is 22.7 Å². The average Bonchev–Trinajstić information content (AvgIpc) is 2.61. The molecule has 1 unspecified atom stereocenters. The van der Waals surface area contributed by atoms with Crippen LogP contribution in [0.4, 0.5) is 13.2 Å². The highest BCUT2D eigenvalue weighted by Gasteiger charge is 2.31. The summed E-state index contributed by atoms with van der Waals surface area (Å²) in [6.07, 6.45) is -4.85. The van der Waals surface area contributed by atoms with Gasteiger partial charge < -0.3 is 19.9 Å². The monoisotopic (exact) mass is 411 g/mol. The predicted molar refractivity (Wildman–Crippen MR) is 93.1 cm³/mol. The van der Waals surface area contributed by atoms with Gasteiger partial charge in [-0.15, -0.1) is 13.2 Å². The van der Waals surface area contributed by atoms with Crippen LogP contribution in [0.5, 0.6) is 23.0 Å². The van der Waals surface area contributed by atoms with E-state index in [2.05, 4.69) is 4.74 Å². The second kappa shape index (κ2) is 8.26. The molecule has 0 aromatic heterocycles. The first kappa shape index (κ1) is 21.2. The van der Waals surface area contributed by atoms with Crippen molar-refractivity contribution in [1.29, 1.82) is 10.5 Å². The Bertz CT molecular complexity index is 950.